The molecule has 0 bridgehead atoms. The Balaban J connectivity index is 5.22. The largest absolute Gasteiger partial charge is 0.472 e. The molecule has 0 aliphatic carbocycles. The van der Waals surface area contributed by atoms with Crippen molar-refractivity contribution in [3.8, 4) is 0 Å². The fourth-order valence-electron chi connectivity index (χ4n) is 11.7. The van der Waals surface area contributed by atoms with Gasteiger partial charge in [-0.25, -0.2) is 9.13 Å². The lowest BCUT2D eigenvalue weighted by Crippen LogP contribution is -2.30. The van der Waals surface area contributed by atoms with Crippen LogP contribution in [0.5, 0.6) is 0 Å². The van der Waals surface area contributed by atoms with Crippen molar-refractivity contribution in [1.82, 2.24) is 0 Å². The maximum Gasteiger partial charge on any atom is 0.472 e. The summed E-state index contributed by atoms with van der Waals surface area (Å²) < 4.78 is 68.5. The van der Waals surface area contributed by atoms with Crippen LogP contribution in [0.2, 0.25) is 0 Å². The van der Waals surface area contributed by atoms with E-state index in [4.69, 9.17) is 37.0 Å². The summed E-state index contributed by atoms with van der Waals surface area (Å²) in [5.41, 5.74) is 0. The van der Waals surface area contributed by atoms with Gasteiger partial charge in [-0.3, -0.25) is 37.3 Å². The molecule has 17 nitrogen and oxygen atoms in total. The summed E-state index contributed by atoms with van der Waals surface area (Å²) in [6, 6.07) is 0. The molecule has 96 heavy (non-hydrogen) atoms. The van der Waals surface area contributed by atoms with Crippen LogP contribution in [-0.4, -0.2) is 96.7 Å². The number of carbonyl (C=O) groups is 4. The molecule has 0 aromatic heterocycles. The summed E-state index contributed by atoms with van der Waals surface area (Å²) >= 11 is 0. The van der Waals surface area contributed by atoms with E-state index in [-0.39, 0.29) is 25.7 Å². The summed E-state index contributed by atoms with van der Waals surface area (Å²) in [4.78, 5) is 72.8. The van der Waals surface area contributed by atoms with Crippen LogP contribution in [-0.2, 0) is 65.4 Å². The number of esters is 4. The molecule has 0 aliphatic heterocycles. The van der Waals surface area contributed by atoms with Gasteiger partial charge in [-0.1, -0.05) is 338 Å². The zero-order valence-corrected chi connectivity index (χ0v) is 64.8. The predicted molar refractivity (Wildman–Crippen MR) is 391 cm³/mol. The second-order valence-electron chi connectivity index (χ2n) is 29.4. The van der Waals surface area contributed by atoms with Crippen LogP contribution in [0.3, 0.4) is 0 Å². The van der Waals surface area contributed by atoms with Gasteiger partial charge >= 0.3 is 39.5 Å². The Kier molecular flexibility index (Phi) is 65.0. The Labute approximate surface area is 588 Å². The molecular weight excluding hydrogens is 1260 g/mol. The molecule has 0 spiro atoms. The van der Waals surface area contributed by atoms with Gasteiger partial charge in [0.05, 0.1) is 26.4 Å². The highest BCUT2D eigenvalue weighted by Crippen LogP contribution is 2.45. The van der Waals surface area contributed by atoms with Crippen LogP contribution in [0.25, 0.3) is 0 Å². The molecule has 0 saturated heterocycles. The second-order valence-corrected chi connectivity index (χ2v) is 32.3. The first-order chi connectivity index (χ1) is 46.1. The topological polar surface area (TPSA) is 237 Å². The van der Waals surface area contributed by atoms with Crippen molar-refractivity contribution in [2.75, 3.05) is 39.6 Å². The van der Waals surface area contributed by atoms with Crippen molar-refractivity contribution >= 4 is 39.5 Å². The number of carbonyl (C=O) groups excluding carboxylic acids is 4. The van der Waals surface area contributed by atoms with Crippen LogP contribution >= 0.6 is 15.6 Å². The Morgan fingerprint density at radius 1 is 0.292 bits per heavy atom. The van der Waals surface area contributed by atoms with Gasteiger partial charge in [0, 0.05) is 25.7 Å². The van der Waals surface area contributed by atoms with Crippen LogP contribution in [0.15, 0.2) is 0 Å². The van der Waals surface area contributed by atoms with Crippen LogP contribution < -0.4 is 0 Å². The van der Waals surface area contributed by atoms with Gasteiger partial charge in [0.15, 0.2) is 12.2 Å². The lowest BCUT2D eigenvalue weighted by Gasteiger charge is -2.21. The normalized spacial score (nSPS) is 14.4. The summed E-state index contributed by atoms with van der Waals surface area (Å²) in [6.07, 6.45) is 51.5. The van der Waals surface area contributed by atoms with E-state index in [1.165, 1.54) is 186 Å². The monoisotopic (exact) mass is 1410 g/mol. The van der Waals surface area contributed by atoms with E-state index in [2.05, 4.69) is 55.4 Å². The number of aliphatic hydroxyl groups excluding tert-OH is 1. The minimum absolute atomic E-state index is 0.106. The Morgan fingerprint density at radius 3 is 0.740 bits per heavy atom. The van der Waals surface area contributed by atoms with E-state index >= 15 is 0 Å². The number of phosphoric acid groups is 2. The average Bonchev–Trinajstić information content (AvgIpc) is 1.08. The summed E-state index contributed by atoms with van der Waals surface area (Å²) in [7, 11) is -9.91. The molecule has 0 amide bonds. The van der Waals surface area contributed by atoms with Crippen LogP contribution in [0.4, 0.5) is 0 Å². The third-order valence-corrected chi connectivity index (χ3v) is 20.1. The molecule has 0 aliphatic rings. The lowest BCUT2D eigenvalue weighted by molar-refractivity contribution is -0.161. The second kappa shape index (κ2) is 66.3. The van der Waals surface area contributed by atoms with Gasteiger partial charge in [-0.05, 0) is 49.4 Å². The first-order valence-electron chi connectivity index (χ1n) is 39.7. The highest BCUT2D eigenvalue weighted by Gasteiger charge is 2.30. The van der Waals surface area contributed by atoms with Crippen molar-refractivity contribution < 1.29 is 80.2 Å². The smallest absolute Gasteiger partial charge is 0.462 e. The first-order valence-corrected chi connectivity index (χ1v) is 42.7. The number of hydrogen-bond donors (Lipinski definition) is 3. The van der Waals surface area contributed by atoms with E-state index in [1.807, 2.05) is 0 Å². The van der Waals surface area contributed by atoms with Gasteiger partial charge in [-0.15, -0.1) is 0 Å². The third-order valence-electron chi connectivity index (χ3n) is 18.2. The van der Waals surface area contributed by atoms with Crippen LogP contribution in [0, 0.1) is 23.7 Å². The highest BCUT2D eigenvalue weighted by atomic mass is 31.2. The Bertz CT molecular complexity index is 1890. The molecule has 0 heterocycles. The molecule has 3 N–H and O–H groups in total. The molecule has 0 aromatic rings. The van der Waals surface area contributed by atoms with E-state index in [1.54, 1.807) is 0 Å². The first kappa shape index (κ1) is 94.1. The van der Waals surface area contributed by atoms with E-state index in [0.29, 0.717) is 31.6 Å². The number of phosphoric ester groups is 2. The Morgan fingerprint density at radius 2 is 0.500 bits per heavy atom. The van der Waals surface area contributed by atoms with Crippen LogP contribution in [0.1, 0.15) is 389 Å². The fourth-order valence-corrected chi connectivity index (χ4v) is 13.3. The highest BCUT2D eigenvalue weighted by molar-refractivity contribution is 7.47. The van der Waals surface area contributed by atoms with Gasteiger partial charge < -0.3 is 33.8 Å². The third kappa shape index (κ3) is 69.2. The molecule has 3 unspecified atom stereocenters. The SMILES string of the molecule is CCC(C)CCCCCCCCCCC(=O)OC[C@H](COP(=O)(O)OC[C@@H](O)COP(=O)(O)OC[C@@H](COC(=O)CCCCCCCCC(C)C)OC(=O)CCCCCCCCCCCCCCCC(C)C)OC(=O)CCCCCCCCCCCCCCCCCCC(C)C. The lowest BCUT2D eigenvalue weighted by atomic mass is 9.99. The molecule has 570 valence electrons. The van der Waals surface area contributed by atoms with Gasteiger partial charge in [0.2, 0.25) is 0 Å². The molecule has 0 aromatic carbocycles. The minimum Gasteiger partial charge on any atom is -0.462 e. The number of rotatable bonds is 74. The van der Waals surface area contributed by atoms with Gasteiger partial charge in [0.25, 0.3) is 0 Å². The maximum atomic E-state index is 13.1. The number of ether oxygens (including phenoxy) is 4. The number of aliphatic hydroxyl groups is 1. The quantitative estimate of drug-likeness (QED) is 0.0222. The number of unbranched alkanes of at least 4 members (excludes halogenated alkanes) is 39. The number of hydrogen-bond acceptors (Lipinski definition) is 15. The fraction of sp³-hybridized carbons (Fsp3) is 0.948. The van der Waals surface area contributed by atoms with Crippen molar-refractivity contribution in [3.63, 3.8) is 0 Å². The predicted octanol–water partition coefficient (Wildman–Crippen LogP) is 22.4. The Hall–Kier alpha value is -1.94. The summed E-state index contributed by atoms with van der Waals surface area (Å²) in [6.45, 7) is 14.2. The summed E-state index contributed by atoms with van der Waals surface area (Å²) in [5, 5.41) is 10.6. The van der Waals surface area contributed by atoms with Crippen molar-refractivity contribution in [1.29, 1.82) is 0 Å². The maximum absolute atomic E-state index is 13.1. The molecule has 0 saturated carbocycles. The summed E-state index contributed by atoms with van der Waals surface area (Å²) in [5.74, 6) is 0.931. The molecular formula is C77H150O17P2. The van der Waals surface area contributed by atoms with Crippen molar-refractivity contribution in [2.24, 2.45) is 23.7 Å². The van der Waals surface area contributed by atoms with Crippen molar-refractivity contribution in [2.45, 2.75) is 408 Å². The molecule has 19 heteroatoms. The van der Waals surface area contributed by atoms with E-state index < -0.39 is 97.5 Å². The molecule has 0 radical (unpaired) electrons. The van der Waals surface area contributed by atoms with E-state index in [9.17, 15) is 43.2 Å². The average molecular weight is 1410 g/mol. The van der Waals surface area contributed by atoms with Gasteiger partial charge in [0.1, 0.15) is 19.3 Å². The molecule has 6 atom stereocenters. The zero-order valence-electron chi connectivity index (χ0n) is 63.0. The van der Waals surface area contributed by atoms with E-state index in [0.717, 1.165) is 114 Å². The van der Waals surface area contributed by atoms with Crippen molar-refractivity contribution in [3.05, 3.63) is 0 Å². The molecule has 0 rings (SSSR count). The minimum atomic E-state index is -4.96. The standard InChI is InChI=1S/C77H150O17P2/c1-9-70(8)56-48-40-31-27-28-32-41-49-57-74(79)87-63-72(93-76(81)59-51-43-33-25-21-17-13-11-10-12-15-19-23-29-37-45-53-67(2)3)65-91-95(83,84)89-61-71(78)62-90-96(85,86)92-66-73(64-88-75(80)58-50-42-36-35-39-47-55-69(6)7)94-77(82)60-52-44-34-26-22-18-14-16-20-24-30-38-46-54-68(4)5/h67-73,78H,9-66H2,1-8H3,(H,83,84)(H,85,86)/t70?,71-,72-,73-/m1/s1. The van der Waals surface area contributed by atoms with Gasteiger partial charge in [-0.2, -0.15) is 0 Å². The molecule has 0 fully saturated rings. The zero-order chi connectivity index (χ0) is 71.0.